The molecule has 2 N–H and O–H groups in total. The van der Waals surface area contributed by atoms with Gasteiger partial charge in [-0.25, -0.2) is 0 Å². The number of hydrogen-bond donors (Lipinski definition) is 1. The van der Waals surface area contributed by atoms with Crippen molar-refractivity contribution in [3.8, 4) is 0 Å². The second kappa shape index (κ2) is 6.57. The zero-order chi connectivity index (χ0) is 14.5. The maximum Gasteiger partial charge on any atom is 0.130 e. The molecule has 1 aliphatic rings. The number of ketones is 1. The monoisotopic (exact) mass is 274 g/mol. The van der Waals surface area contributed by atoms with Crippen molar-refractivity contribution < 1.29 is 9.53 Å². The van der Waals surface area contributed by atoms with Gasteiger partial charge in [0.05, 0.1) is 24.6 Å². The van der Waals surface area contributed by atoms with Gasteiger partial charge in [0, 0.05) is 19.5 Å². The van der Waals surface area contributed by atoms with E-state index < -0.39 is 0 Å². The van der Waals surface area contributed by atoms with Crippen molar-refractivity contribution >= 4 is 22.7 Å². The summed E-state index contributed by atoms with van der Waals surface area (Å²) in [5.41, 5.74) is 9.94. The Morgan fingerprint density at radius 1 is 1.35 bits per heavy atom. The highest BCUT2D eigenvalue weighted by molar-refractivity contribution is 5.80. The molecular formula is C16H22N2O2. The van der Waals surface area contributed by atoms with Gasteiger partial charge in [0.15, 0.2) is 0 Å². The fourth-order valence-corrected chi connectivity index (χ4v) is 2.34. The minimum atomic E-state index is 0.184. The molecule has 1 aromatic carbocycles. The first-order valence-electron chi connectivity index (χ1n) is 6.97. The third kappa shape index (κ3) is 3.61. The first-order valence-corrected chi connectivity index (χ1v) is 6.97. The summed E-state index contributed by atoms with van der Waals surface area (Å²) in [6.45, 7) is 8.86. The number of carbonyl (C=O) groups excluding carboxylic acids is 1. The second-order valence-electron chi connectivity index (χ2n) is 5.18. The van der Waals surface area contributed by atoms with Crippen LogP contribution >= 0.6 is 0 Å². The molecule has 20 heavy (non-hydrogen) atoms. The summed E-state index contributed by atoms with van der Waals surface area (Å²) in [5.74, 6) is 0.184. The lowest BCUT2D eigenvalue weighted by Crippen LogP contribution is -2.36. The normalized spacial score (nSPS) is 15.2. The molecular weight excluding hydrogens is 252 g/mol. The quantitative estimate of drug-likeness (QED) is 0.838. The molecule has 2 rings (SSSR count). The van der Waals surface area contributed by atoms with E-state index in [0.717, 1.165) is 48.8 Å². The molecule has 1 heterocycles. The third-order valence-corrected chi connectivity index (χ3v) is 3.57. The minimum absolute atomic E-state index is 0.184. The molecule has 1 aromatic rings. The fraction of sp³-hybridized carbons (Fsp3) is 0.438. The second-order valence-corrected chi connectivity index (χ2v) is 5.18. The molecule has 1 aliphatic heterocycles. The zero-order valence-electron chi connectivity index (χ0n) is 12.0. The average molecular weight is 274 g/mol. The maximum atomic E-state index is 11.0. The van der Waals surface area contributed by atoms with Crippen LogP contribution < -0.4 is 10.6 Å². The van der Waals surface area contributed by atoms with Crippen molar-refractivity contribution in [1.82, 2.24) is 0 Å². The predicted molar refractivity (Wildman–Crippen MR) is 82.8 cm³/mol. The summed E-state index contributed by atoms with van der Waals surface area (Å²) in [5, 5.41) is 0. The van der Waals surface area contributed by atoms with Crippen molar-refractivity contribution in [2.45, 2.75) is 19.8 Å². The number of nitrogen functional groups attached to an aromatic ring is 1. The average Bonchev–Trinajstić information content (AvgIpc) is 2.45. The lowest BCUT2D eigenvalue weighted by atomic mass is 10.0. The van der Waals surface area contributed by atoms with Gasteiger partial charge >= 0.3 is 0 Å². The molecule has 0 aliphatic carbocycles. The van der Waals surface area contributed by atoms with E-state index in [9.17, 15) is 4.79 Å². The van der Waals surface area contributed by atoms with E-state index >= 15 is 0 Å². The van der Waals surface area contributed by atoms with Crippen LogP contribution in [0.3, 0.4) is 0 Å². The molecule has 0 spiro atoms. The Morgan fingerprint density at radius 3 is 2.65 bits per heavy atom. The maximum absolute atomic E-state index is 11.0. The lowest BCUT2D eigenvalue weighted by Gasteiger charge is -2.30. The minimum Gasteiger partial charge on any atom is -0.397 e. The standard InChI is InChI=1S/C16H22N2O2/c1-12(3-4-13(2)19)14-5-6-16(15(17)11-14)18-7-9-20-10-8-18/h5-6,11H,1,3-4,7-10,17H2,2H3. The highest BCUT2D eigenvalue weighted by Crippen LogP contribution is 2.28. The van der Waals surface area contributed by atoms with Gasteiger partial charge in [-0.1, -0.05) is 12.6 Å². The number of benzene rings is 1. The van der Waals surface area contributed by atoms with E-state index in [2.05, 4.69) is 11.5 Å². The van der Waals surface area contributed by atoms with Crippen molar-refractivity contribution in [1.29, 1.82) is 0 Å². The molecule has 108 valence electrons. The number of morpholine rings is 1. The first kappa shape index (κ1) is 14.6. The van der Waals surface area contributed by atoms with Crippen LogP contribution in [0.25, 0.3) is 5.57 Å². The Balaban J connectivity index is 2.08. The molecule has 0 saturated carbocycles. The number of Topliss-reactive ketones (excluding diaryl/α,β-unsaturated/α-hetero) is 1. The van der Waals surface area contributed by atoms with Gasteiger partial charge in [-0.15, -0.1) is 0 Å². The lowest BCUT2D eigenvalue weighted by molar-refractivity contribution is -0.116. The number of allylic oxidation sites excluding steroid dienone is 1. The predicted octanol–water partition coefficient (Wildman–Crippen LogP) is 2.49. The third-order valence-electron chi connectivity index (χ3n) is 3.57. The van der Waals surface area contributed by atoms with Gasteiger partial charge in [0.2, 0.25) is 0 Å². The van der Waals surface area contributed by atoms with Gasteiger partial charge in [-0.2, -0.15) is 0 Å². The molecule has 0 radical (unpaired) electrons. The molecule has 0 atom stereocenters. The van der Waals surface area contributed by atoms with E-state index in [1.54, 1.807) is 6.92 Å². The van der Waals surface area contributed by atoms with Crippen molar-refractivity contribution in [3.63, 3.8) is 0 Å². The SMILES string of the molecule is C=C(CCC(C)=O)c1ccc(N2CCOCC2)c(N)c1. The summed E-state index contributed by atoms with van der Waals surface area (Å²) >= 11 is 0. The Morgan fingerprint density at radius 2 is 2.05 bits per heavy atom. The smallest absolute Gasteiger partial charge is 0.130 e. The summed E-state index contributed by atoms with van der Waals surface area (Å²) in [6.07, 6.45) is 1.22. The van der Waals surface area contributed by atoms with Gasteiger partial charge in [-0.05, 0) is 36.6 Å². The number of hydrogen-bond acceptors (Lipinski definition) is 4. The van der Waals surface area contributed by atoms with Crippen LogP contribution in [0, 0.1) is 0 Å². The molecule has 4 nitrogen and oxygen atoms in total. The molecule has 0 amide bonds. The molecule has 4 heteroatoms. The van der Waals surface area contributed by atoms with Gasteiger partial charge in [-0.3, -0.25) is 0 Å². The van der Waals surface area contributed by atoms with Crippen LogP contribution in [0.2, 0.25) is 0 Å². The molecule has 1 fully saturated rings. The van der Waals surface area contributed by atoms with Crippen molar-refractivity contribution in [2.24, 2.45) is 0 Å². The Kier molecular flexibility index (Phi) is 4.79. The topological polar surface area (TPSA) is 55.6 Å². The fourth-order valence-electron chi connectivity index (χ4n) is 2.34. The van der Waals surface area contributed by atoms with E-state index in [0.29, 0.717) is 12.8 Å². The highest BCUT2D eigenvalue weighted by atomic mass is 16.5. The number of nitrogens with two attached hydrogens (primary N) is 1. The summed E-state index contributed by atoms with van der Waals surface area (Å²) in [4.78, 5) is 13.3. The van der Waals surface area contributed by atoms with E-state index in [1.165, 1.54) is 0 Å². The molecule has 0 unspecified atom stereocenters. The number of nitrogens with zero attached hydrogens (tertiary/aromatic N) is 1. The van der Waals surface area contributed by atoms with Crippen LogP contribution in [0.15, 0.2) is 24.8 Å². The van der Waals surface area contributed by atoms with E-state index in [4.69, 9.17) is 10.5 Å². The number of ether oxygens (including phenoxy) is 1. The largest absolute Gasteiger partial charge is 0.397 e. The molecule has 0 bridgehead atoms. The van der Waals surface area contributed by atoms with Crippen molar-refractivity contribution in [3.05, 3.63) is 30.3 Å². The first-order chi connectivity index (χ1) is 9.58. The van der Waals surface area contributed by atoms with Crippen LogP contribution in [0.4, 0.5) is 11.4 Å². The summed E-state index contributed by atoms with van der Waals surface area (Å²) in [7, 11) is 0. The van der Waals surface area contributed by atoms with Crippen LogP contribution in [-0.4, -0.2) is 32.1 Å². The van der Waals surface area contributed by atoms with Gasteiger partial charge in [0.25, 0.3) is 0 Å². The van der Waals surface area contributed by atoms with Crippen molar-refractivity contribution in [2.75, 3.05) is 36.9 Å². The van der Waals surface area contributed by atoms with E-state index in [1.807, 2.05) is 18.2 Å². The van der Waals surface area contributed by atoms with Crippen LogP contribution in [0.1, 0.15) is 25.3 Å². The number of carbonyl (C=O) groups is 1. The van der Waals surface area contributed by atoms with E-state index in [-0.39, 0.29) is 5.78 Å². The number of anilines is 2. The summed E-state index contributed by atoms with van der Waals surface area (Å²) < 4.78 is 5.35. The highest BCUT2D eigenvalue weighted by Gasteiger charge is 2.14. The van der Waals surface area contributed by atoms with Gasteiger partial charge in [0.1, 0.15) is 5.78 Å². The Bertz CT molecular complexity index is 505. The molecule has 0 aromatic heterocycles. The Hall–Kier alpha value is -1.81. The van der Waals surface area contributed by atoms with Gasteiger partial charge < -0.3 is 20.2 Å². The molecule has 1 saturated heterocycles. The van der Waals surface area contributed by atoms with Crippen LogP contribution in [0.5, 0.6) is 0 Å². The van der Waals surface area contributed by atoms with Crippen LogP contribution in [-0.2, 0) is 9.53 Å². The zero-order valence-corrected chi connectivity index (χ0v) is 12.0. The summed E-state index contributed by atoms with van der Waals surface area (Å²) in [6, 6.07) is 6.02. The Labute approximate surface area is 120 Å². The number of rotatable bonds is 5.